The monoisotopic (exact) mass is 347 g/mol. The van der Waals surface area contributed by atoms with E-state index >= 15 is 0 Å². The van der Waals surface area contributed by atoms with Crippen LogP contribution in [0, 0.1) is 0 Å². The lowest BCUT2D eigenvalue weighted by atomic mass is 10.2. The van der Waals surface area contributed by atoms with Gasteiger partial charge in [0.2, 0.25) is 0 Å². The Hall–Kier alpha value is -2.26. The van der Waals surface area contributed by atoms with Crippen molar-refractivity contribution in [2.24, 2.45) is 4.99 Å². The summed E-state index contributed by atoms with van der Waals surface area (Å²) in [6.45, 7) is 2.94. The molecule has 0 saturated heterocycles. The maximum absolute atomic E-state index is 11.2. The van der Waals surface area contributed by atoms with Gasteiger partial charge >= 0.3 is 11.9 Å². The number of aliphatic hydroxyl groups is 1. The standard InChI is InChI=1S/C10H17NO5.C5H8O3/c1-7(12)8(10(13)16-4)5-11-6-9(14-2)15-3;1-4(6)3-5(7)8-2/h5,9,12H,6H2,1-4H3;3H2,1-2H3. The number of carbonyl (C=O) groups is 3. The highest BCUT2D eigenvalue weighted by molar-refractivity contribution is 6.09. The van der Waals surface area contributed by atoms with Crippen molar-refractivity contribution in [3.8, 4) is 0 Å². The van der Waals surface area contributed by atoms with Gasteiger partial charge in [-0.15, -0.1) is 0 Å². The number of nitrogens with zero attached hydrogens (tertiary/aromatic N) is 1. The average molecular weight is 347 g/mol. The van der Waals surface area contributed by atoms with Crippen LogP contribution in [-0.4, -0.2) is 70.3 Å². The third kappa shape index (κ3) is 12.3. The normalized spacial score (nSPS) is 11.5. The number of esters is 2. The van der Waals surface area contributed by atoms with Crippen molar-refractivity contribution in [2.75, 3.05) is 35.0 Å². The van der Waals surface area contributed by atoms with Crippen molar-refractivity contribution in [3.63, 3.8) is 0 Å². The Morgan fingerprint density at radius 3 is 1.88 bits per heavy atom. The molecule has 138 valence electrons. The van der Waals surface area contributed by atoms with Gasteiger partial charge in [0.1, 0.15) is 23.5 Å². The smallest absolute Gasteiger partial charge is 0.342 e. The summed E-state index contributed by atoms with van der Waals surface area (Å²) >= 11 is 0. The Morgan fingerprint density at radius 2 is 1.58 bits per heavy atom. The van der Waals surface area contributed by atoms with Gasteiger partial charge in [0.15, 0.2) is 6.29 Å². The number of Topliss-reactive ketones (excluding diaryl/α,β-unsaturated/α-hetero) is 1. The van der Waals surface area contributed by atoms with Gasteiger partial charge in [-0.05, 0) is 13.8 Å². The fourth-order valence-electron chi connectivity index (χ4n) is 1.15. The van der Waals surface area contributed by atoms with Crippen LogP contribution in [0.1, 0.15) is 20.3 Å². The molecule has 0 aliphatic carbocycles. The molecule has 0 fully saturated rings. The molecule has 0 unspecified atom stereocenters. The molecule has 0 amide bonds. The van der Waals surface area contributed by atoms with E-state index in [2.05, 4.69) is 14.5 Å². The summed E-state index contributed by atoms with van der Waals surface area (Å²) in [4.78, 5) is 35.4. The largest absolute Gasteiger partial charge is 0.512 e. The molecular formula is C15H25NO8. The Morgan fingerprint density at radius 1 is 1.04 bits per heavy atom. The Balaban J connectivity index is 0. The van der Waals surface area contributed by atoms with Crippen LogP contribution < -0.4 is 0 Å². The lowest BCUT2D eigenvalue weighted by Crippen LogP contribution is -2.17. The first-order valence-electron chi connectivity index (χ1n) is 6.83. The van der Waals surface area contributed by atoms with E-state index in [0.29, 0.717) is 0 Å². The molecule has 9 heteroatoms. The molecule has 24 heavy (non-hydrogen) atoms. The van der Waals surface area contributed by atoms with Crippen LogP contribution >= 0.6 is 0 Å². The number of carbonyl (C=O) groups excluding carboxylic acids is 3. The third-order valence-electron chi connectivity index (χ3n) is 2.42. The molecule has 0 aromatic carbocycles. The maximum atomic E-state index is 11.2. The molecule has 0 atom stereocenters. The predicted molar refractivity (Wildman–Crippen MR) is 85.8 cm³/mol. The van der Waals surface area contributed by atoms with Gasteiger partial charge in [-0.1, -0.05) is 0 Å². The first-order valence-corrected chi connectivity index (χ1v) is 6.83. The first-order chi connectivity index (χ1) is 11.2. The van der Waals surface area contributed by atoms with Gasteiger partial charge < -0.3 is 24.1 Å². The molecule has 0 bridgehead atoms. The summed E-state index contributed by atoms with van der Waals surface area (Å²) in [6, 6.07) is 0. The molecule has 0 saturated carbocycles. The van der Waals surface area contributed by atoms with E-state index in [1.54, 1.807) is 0 Å². The second-order valence-corrected chi connectivity index (χ2v) is 4.34. The summed E-state index contributed by atoms with van der Waals surface area (Å²) in [5.41, 5.74) is 0.00783. The number of hydrogen-bond donors (Lipinski definition) is 1. The SMILES string of the molecule is COC(=O)C(C=NCC(OC)OC)=C(C)O.COC(=O)CC(C)=O. The lowest BCUT2D eigenvalue weighted by molar-refractivity contribution is -0.143. The number of hydrogen-bond acceptors (Lipinski definition) is 9. The lowest BCUT2D eigenvalue weighted by Gasteiger charge is -2.09. The predicted octanol–water partition coefficient (Wildman–Crippen LogP) is 0.820. The molecular weight excluding hydrogens is 322 g/mol. The fourth-order valence-corrected chi connectivity index (χ4v) is 1.15. The zero-order valence-electron chi connectivity index (χ0n) is 14.8. The van der Waals surface area contributed by atoms with E-state index in [1.807, 2.05) is 0 Å². The molecule has 0 rings (SSSR count). The highest BCUT2D eigenvalue weighted by Crippen LogP contribution is 2.01. The maximum Gasteiger partial charge on any atom is 0.342 e. The minimum absolute atomic E-state index is 0.00783. The highest BCUT2D eigenvalue weighted by atomic mass is 16.7. The summed E-state index contributed by atoms with van der Waals surface area (Å²) in [5.74, 6) is -1.44. The molecule has 1 N–H and O–H groups in total. The van der Waals surface area contributed by atoms with Gasteiger partial charge in [0.05, 0.1) is 20.8 Å². The van der Waals surface area contributed by atoms with Crippen LogP contribution in [0.4, 0.5) is 0 Å². The van der Waals surface area contributed by atoms with E-state index in [1.165, 1.54) is 48.5 Å². The fraction of sp³-hybridized carbons (Fsp3) is 0.600. The van der Waals surface area contributed by atoms with Crippen molar-refractivity contribution in [1.82, 2.24) is 0 Å². The Labute approximate surface area is 141 Å². The molecule has 0 radical (unpaired) electrons. The van der Waals surface area contributed by atoms with Crippen molar-refractivity contribution >= 4 is 23.9 Å². The van der Waals surface area contributed by atoms with Crippen molar-refractivity contribution in [2.45, 2.75) is 26.6 Å². The average Bonchev–Trinajstić information content (AvgIpc) is 2.54. The van der Waals surface area contributed by atoms with E-state index in [-0.39, 0.29) is 30.1 Å². The minimum Gasteiger partial charge on any atom is -0.512 e. The quantitative estimate of drug-likeness (QED) is 0.171. The number of allylic oxidation sites excluding steroid dienone is 1. The summed E-state index contributed by atoms with van der Waals surface area (Å²) < 4.78 is 18.5. The van der Waals surface area contributed by atoms with Crippen LogP contribution in [0.3, 0.4) is 0 Å². The third-order valence-corrected chi connectivity index (χ3v) is 2.42. The summed E-state index contributed by atoms with van der Waals surface area (Å²) in [6.07, 6.45) is 0.636. The number of aliphatic imine (C=N–C) groups is 1. The second kappa shape index (κ2) is 14.3. The summed E-state index contributed by atoms with van der Waals surface area (Å²) in [5, 5.41) is 9.22. The number of ether oxygens (including phenoxy) is 4. The number of rotatable bonds is 8. The van der Waals surface area contributed by atoms with Crippen molar-refractivity contribution in [1.29, 1.82) is 0 Å². The van der Waals surface area contributed by atoms with Gasteiger partial charge in [-0.3, -0.25) is 14.6 Å². The summed E-state index contributed by atoms with van der Waals surface area (Å²) in [7, 11) is 5.45. The molecule has 0 aromatic rings. The molecule has 0 spiro atoms. The van der Waals surface area contributed by atoms with Crippen LogP contribution in [0.15, 0.2) is 16.3 Å². The Bertz CT molecular complexity index is 462. The highest BCUT2D eigenvalue weighted by Gasteiger charge is 2.11. The van der Waals surface area contributed by atoms with E-state index in [4.69, 9.17) is 9.47 Å². The number of methoxy groups -OCH3 is 4. The van der Waals surface area contributed by atoms with E-state index in [9.17, 15) is 19.5 Å². The van der Waals surface area contributed by atoms with Crippen molar-refractivity contribution < 1.29 is 38.4 Å². The van der Waals surface area contributed by atoms with Crippen LogP contribution in [0.2, 0.25) is 0 Å². The Kier molecular flexibility index (Phi) is 14.3. The van der Waals surface area contributed by atoms with Crippen LogP contribution in [0.25, 0.3) is 0 Å². The van der Waals surface area contributed by atoms with Gasteiger partial charge in [0, 0.05) is 20.4 Å². The molecule has 9 nitrogen and oxygen atoms in total. The van der Waals surface area contributed by atoms with Gasteiger partial charge in [-0.25, -0.2) is 4.79 Å². The minimum atomic E-state index is -0.643. The molecule has 0 aliphatic heterocycles. The zero-order valence-corrected chi connectivity index (χ0v) is 14.8. The number of aliphatic hydroxyl groups excluding tert-OH is 1. The first kappa shape index (κ1) is 24.0. The van der Waals surface area contributed by atoms with Crippen LogP contribution in [-0.2, 0) is 33.3 Å². The molecule has 0 aliphatic rings. The van der Waals surface area contributed by atoms with E-state index in [0.717, 1.165) is 0 Å². The van der Waals surface area contributed by atoms with Crippen LogP contribution in [0.5, 0.6) is 0 Å². The van der Waals surface area contributed by atoms with Gasteiger partial charge in [0.25, 0.3) is 0 Å². The zero-order chi connectivity index (χ0) is 19.1. The molecule has 0 heterocycles. The number of ketones is 1. The second-order valence-electron chi connectivity index (χ2n) is 4.34. The van der Waals surface area contributed by atoms with Gasteiger partial charge in [-0.2, -0.15) is 0 Å². The topological polar surface area (TPSA) is 121 Å². The van der Waals surface area contributed by atoms with E-state index < -0.39 is 18.2 Å². The molecule has 0 aromatic heterocycles. The van der Waals surface area contributed by atoms with Crippen molar-refractivity contribution in [3.05, 3.63) is 11.3 Å².